The second-order valence-electron chi connectivity index (χ2n) is 10.7. The van der Waals surface area contributed by atoms with Gasteiger partial charge in [-0.2, -0.15) is 0 Å². The Morgan fingerprint density at radius 3 is 2.38 bits per heavy atom. The van der Waals surface area contributed by atoms with Crippen molar-refractivity contribution in [2.24, 2.45) is 5.41 Å². The van der Waals surface area contributed by atoms with Crippen LogP contribution >= 0.6 is 0 Å². The lowest BCUT2D eigenvalue weighted by Crippen LogP contribution is -2.27. The summed E-state index contributed by atoms with van der Waals surface area (Å²) in [6, 6.07) is 23.1. The Balaban J connectivity index is 1.42. The third-order valence-corrected chi connectivity index (χ3v) is 7.16. The second-order valence-corrected chi connectivity index (χ2v) is 10.7. The van der Waals surface area contributed by atoms with Crippen LogP contribution in [0, 0.1) is 11.2 Å². The van der Waals surface area contributed by atoms with Gasteiger partial charge < -0.3 is 14.4 Å². The van der Waals surface area contributed by atoms with Crippen molar-refractivity contribution in [1.82, 2.24) is 14.5 Å². The molecule has 0 aliphatic carbocycles. The first kappa shape index (κ1) is 27.1. The predicted octanol–water partition coefficient (Wildman–Crippen LogP) is 7.08. The molecule has 0 atom stereocenters. The van der Waals surface area contributed by atoms with Gasteiger partial charge in [0.15, 0.2) is 0 Å². The molecule has 6 nitrogen and oxygen atoms in total. The Labute approximate surface area is 233 Å². The summed E-state index contributed by atoms with van der Waals surface area (Å²) in [5.74, 6) is -0.482. The fourth-order valence-corrected chi connectivity index (χ4v) is 4.67. The van der Waals surface area contributed by atoms with E-state index in [1.165, 1.54) is 17.8 Å². The zero-order valence-corrected chi connectivity index (χ0v) is 22.9. The highest BCUT2D eigenvalue weighted by atomic mass is 19.1. The first-order chi connectivity index (χ1) is 19.2. The van der Waals surface area contributed by atoms with E-state index in [-0.39, 0.29) is 5.82 Å². The van der Waals surface area contributed by atoms with E-state index in [1.807, 2.05) is 54.7 Å². The molecule has 3 heterocycles. The van der Waals surface area contributed by atoms with Gasteiger partial charge in [0.2, 0.25) is 0 Å². The molecule has 0 radical (unpaired) electrons. The number of carboxylic acids is 1. The van der Waals surface area contributed by atoms with Gasteiger partial charge in [-0.15, -0.1) is 0 Å². The molecule has 0 fully saturated rings. The molecule has 0 spiro atoms. The van der Waals surface area contributed by atoms with Crippen LogP contribution in [0.25, 0.3) is 22.2 Å². The Morgan fingerprint density at radius 2 is 1.73 bits per heavy atom. The molecule has 0 bridgehead atoms. The van der Waals surface area contributed by atoms with E-state index in [0.29, 0.717) is 25.3 Å². The summed E-state index contributed by atoms with van der Waals surface area (Å²) in [7, 11) is 0. The van der Waals surface area contributed by atoms with Crippen molar-refractivity contribution in [2.75, 3.05) is 0 Å². The van der Waals surface area contributed by atoms with E-state index in [9.17, 15) is 14.3 Å². The number of benzene rings is 2. The molecule has 0 unspecified atom stereocenters. The molecule has 0 saturated carbocycles. The van der Waals surface area contributed by atoms with Crippen LogP contribution in [0.15, 0.2) is 85.2 Å². The van der Waals surface area contributed by atoms with Gasteiger partial charge >= 0.3 is 5.97 Å². The maximum absolute atomic E-state index is 13.3. The van der Waals surface area contributed by atoms with Gasteiger partial charge in [-0.1, -0.05) is 37.3 Å². The maximum Gasteiger partial charge on any atom is 0.309 e. The molecule has 5 rings (SSSR count). The summed E-state index contributed by atoms with van der Waals surface area (Å²) in [6.45, 7) is 6.52. The molecule has 204 valence electrons. The first-order valence-electron chi connectivity index (χ1n) is 13.3. The van der Waals surface area contributed by atoms with Crippen molar-refractivity contribution in [1.29, 1.82) is 0 Å². The number of pyridine rings is 2. The number of nitrogens with zero attached hydrogens (tertiary/aromatic N) is 3. The van der Waals surface area contributed by atoms with Crippen molar-refractivity contribution in [3.63, 3.8) is 0 Å². The molecule has 0 saturated heterocycles. The normalized spacial score (nSPS) is 11.6. The van der Waals surface area contributed by atoms with Gasteiger partial charge in [-0.3, -0.25) is 14.8 Å². The van der Waals surface area contributed by atoms with Gasteiger partial charge in [0.1, 0.15) is 18.2 Å². The van der Waals surface area contributed by atoms with Gasteiger partial charge in [0.05, 0.1) is 23.0 Å². The van der Waals surface area contributed by atoms with Crippen molar-refractivity contribution in [2.45, 2.75) is 46.8 Å². The summed E-state index contributed by atoms with van der Waals surface area (Å²) >= 11 is 0. The average molecular weight is 538 g/mol. The number of aliphatic carboxylic acids is 1. The summed E-state index contributed by atoms with van der Waals surface area (Å²) in [4.78, 5) is 20.6. The number of carbonyl (C=O) groups is 1. The SMILES string of the molecule is CCc1ccc(COc2ccc3c(c2)cc(CC(C)(C)C(=O)O)n3Cc2ccc(-c3ccc(F)cn3)cc2)nc1. The molecule has 3 aromatic heterocycles. The molecule has 5 aromatic rings. The van der Waals surface area contributed by atoms with E-state index < -0.39 is 11.4 Å². The zero-order chi connectivity index (χ0) is 28.3. The number of fused-ring (bicyclic) bond motifs is 1. The number of hydrogen-bond acceptors (Lipinski definition) is 4. The van der Waals surface area contributed by atoms with Crippen molar-refractivity contribution in [3.8, 4) is 17.0 Å². The molecule has 7 heteroatoms. The maximum atomic E-state index is 13.3. The monoisotopic (exact) mass is 537 g/mol. The van der Waals surface area contributed by atoms with Crippen molar-refractivity contribution in [3.05, 3.63) is 114 Å². The minimum absolute atomic E-state index is 0.365. The van der Waals surface area contributed by atoms with Crippen LogP contribution in [0.4, 0.5) is 4.39 Å². The highest BCUT2D eigenvalue weighted by molar-refractivity contribution is 5.83. The largest absolute Gasteiger partial charge is 0.487 e. The van der Waals surface area contributed by atoms with Crippen LogP contribution < -0.4 is 4.74 Å². The number of carboxylic acid groups (broad SMARTS) is 1. The highest BCUT2D eigenvalue weighted by Crippen LogP contribution is 2.31. The smallest absolute Gasteiger partial charge is 0.309 e. The molecule has 0 aliphatic rings. The Kier molecular flexibility index (Phi) is 7.65. The minimum Gasteiger partial charge on any atom is -0.487 e. The summed E-state index contributed by atoms with van der Waals surface area (Å²) in [6.07, 6.45) is 4.40. The van der Waals surface area contributed by atoms with E-state index >= 15 is 0 Å². The third kappa shape index (κ3) is 6.04. The van der Waals surface area contributed by atoms with E-state index in [2.05, 4.69) is 33.6 Å². The highest BCUT2D eigenvalue weighted by Gasteiger charge is 2.29. The number of hydrogen-bond donors (Lipinski definition) is 1. The summed E-state index contributed by atoms with van der Waals surface area (Å²) < 4.78 is 21.5. The molecule has 0 amide bonds. The van der Waals surface area contributed by atoms with Gasteiger partial charge in [0.25, 0.3) is 0 Å². The topological polar surface area (TPSA) is 77.2 Å². The lowest BCUT2D eigenvalue weighted by Gasteiger charge is -2.21. The Hall–Kier alpha value is -4.52. The number of aromatic nitrogens is 3. The third-order valence-electron chi connectivity index (χ3n) is 7.16. The molecule has 0 aliphatic heterocycles. The van der Waals surface area contributed by atoms with Crippen LogP contribution in [0.2, 0.25) is 0 Å². The van der Waals surface area contributed by atoms with Crippen LogP contribution in [0.3, 0.4) is 0 Å². The number of aryl methyl sites for hydroxylation is 1. The van der Waals surface area contributed by atoms with Crippen LogP contribution in [-0.2, 0) is 30.8 Å². The first-order valence-corrected chi connectivity index (χ1v) is 13.3. The standard InChI is InChI=1S/C33H32FN3O3/c1-4-22-7-11-27(35-18-22)21-40-29-12-14-31-25(16-29)15-28(17-33(2,3)32(38)39)37(31)20-23-5-8-24(9-6-23)30-13-10-26(34)19-36-30/h5-16,18-19H,4,17,20-21H2,1-3H3,(H,38,39). The lowest BCUT2D eigenvalue weighted by atomic mass is 9.88. The fourth-order valence-electron chi connectivity index (χ4n) is 4.67. The van der Waals surface area contributed by atoms with Crippen molar-refractivity contribution < 1.29 is 19.0 Å². The van der Waals surface area contributed by atoms with Gasteiger partial charge in [-0.25, -0.2) is 4.39 Å². The predicted molar refractivity (Wildman–Crippen MR) is 154 cm³/mol. The summed E-state index contributed by atoms with van der Waals surface area (Å²) in [5, 5.41) is 10.8. The average Bonchev–Trinajstić information content (AvgIpc) is 3.28. The van der Waals surface area contributed by atoms with Gasteiger partial charge in [-0.05, 0) is 73.9 Å². The zero-order valence-electron chi connectivity index (χ0n) is 22.9. The van der Waals surface area contributed by atoms with Crippen LogP contribution in [0.1, 0.15) is 43.3 Å². The van der Waals surface area contributed by atoms with Gasteiger partial charge in [0, 0.05) is 41.3 Å². The lowest BCUT2D eigenvalue weighted by molar-refractivity contribution is -0.146. The number of rotatable bonds is 10. The Morgan fingerprint density at radius 1 is 0.950 bits per heavy atom. The fraction of sp³-hybridized carbons (Fsp3) is 0.242. The van der Waals surface area contributed by atoms with Crippen LogP contribution in [0.5, 0.6) is 5.75 Å². The van der Waals surface area contributed by atoms with E-state index in [0.717, 1.165) is 45.6 Å². The van der Waals surface area contributed by atoms with Crippen LogP contribution in [-0.4, -0.2) is 25.6 Å². The molecule has 2 aromatic carbocycles. The van der Waals surface area contributed by atoms with E-state index in [4.69, 9.17) is 4.74 Å². The number of ether oxygens (including phenoxy) is 1. The van der Waals surface area contributed by atoms with E-state index in [1.54, 1.807) is 19.9 Å². The molecular formula is C33H32FN3O3. The second kappa shape index (κ2) is 11.3. The molecule has 1 N–H and O–H groups in total. The molecular weight excluding hydrogens is 505 g/mol. The summed E-state index contributed by atoms with van der Waals surface area (Å²) in [5.41, 5.74) is 5.70. The van der Waals surface area contributed by atoms with Crippen molar-refractivity contribution >= 4 is 16.9 Å². The quantitative estimate of drug-likeness (QED) is 0.206. The minimum atomic E-state index is -0.931. The number of halogens is 1. The Bertz CT molecular complexity index is 1620. The molecule has 40 heavy (non-hydrogen) atoms.